The lowest BCUT2D eigenvalue weighted by molar-refractivity contribution is -0.119. The summed E-state index contributed by atoms with van der Waals surface area (Å²) in [5, 5.41) is 1.14. The van der Waals surface area contributed by atoms with E-state index in [9.17, 15) is 4.79 Å². The maximum atomic E-state index is 12.9. The molecule has 5 heteroatoms. The third kappa shape index (κ3) is 3.37. The molecule has 4 rings (SSSR count). The highest BCUT2D eigenvalue weighted by molar-refractivity contribution is 7.18. The van der Waals surface area contributed by atoms with Gasteiger partial charge in [-0.15, -0.1) is 11.3 Å². The molecule has 2 heterocycles. The highest BCUT2D eigenvalue weighted by Crippen LogP contribution is 2.36. The van der Waals surface area contributed by atoms with E-state index in [2.05, 4.69) is 23.1 Å². The highest BCUT2D eigenvalue weighted by atomic mass is 32.1. The second kappa shape index (κ2) is 7.56. The van der Waals surface area contributed by atoms with Gasteiger partial charge in [0.2, 0.25) is 5.91 Å². The van der Waals surface area contributed by atoms with E-state index in [0.29, 0.717) is 13.1 Å². The molecule has 3 aromatic rings. The van der Waals surface area contributed by atoms with Gasteiger partial charge < -0.3 is 4.90 Å². The summed E-state index contributed by atoms with van der Waals surface area (Å²) in [5.41, 5.74) is 2.03. The Balaban J connectivity index is 1.52. The fraction of sp³-hybridized carbons (Fsp3) is 0.333. The molecule has 0 aliphatic carbocycles. The Morgan fingerprint density at radius 3 is 2.73 bits per heavy atom. The van der Waals surface area contributed by atoms with Crippen LogP contribution in [0.5, 0.6) is 0 Å². The number of benzene rings is 2. The number of carbonyl (C=O) groups is 1. The number of rotatable bonds is 5. The van der Waals surface area contributed by atoms with E-state index in [4.69, 9.17) is 4.98 Å². The number of anilines is 1. The number of hydrogen-bond acceptors (Lipinski definition) is 4. The minimum Gasteiger partial charge on any atom is -0.312 e. The van der Waals surface area contributed by atoms with Gasteiger partial charge in [0, 0.05) is 12.2 Å². The lowest BCUT2D eigenvalue weighted by Gasteiger charge is -2.27. The molecule has 0 radical (unpaired) electrons. The highest BCUT2D eigenvalue weighted by Gasteiger charge is 2.31. The zero-order valence-electron chi connectivity index (χ0n) is 15.0. The van der Waals surface area contributed by atoms with Crippen LogP contribution in [-0.2, 0) is 4.79 Å². The molecular weight excluding hydrogens is 342 g/mol. The van der Waals surface area contributed by atoms with Gasteiger partial charge in [-0.05, 0) is 50.6 Å². The van der Waals surface area contributed by atoms with Crippen LogP contribution in [0.3, 0.4) is 0 Å². The van der Waals surface area contributed by atoms with Gasteiger partial charge in [-0.2, -0.15) is 0 Å². The lowest BCUT2D eigenvalue weighted by atomic mass is 10.2. The number of likely N-dealkylation sites (tertiary alicyclic amines) is 1. The van der Waals surface area contributed by atoms with Crippen molar-refractivity contribution in [1.82, 2.24) is 9.88 Å². The maximum absolute atomic E-state index is 12.9. The third-order valence-corrected chi connectivity index (χ3v) is 6.12. The SMILES string of the molecule is CCN(C(=O)CN1CCCC1c1nc2ccccc2s1)c1ccccc1. The van der Waals surface area contributed by atoms with Crippen molar-refractivity contribution < 1.29 is 4.79 Å². The van der Waals surface area contributed by atoms with Crippen molar-refractivity contribution in [1.29, 1.82) is 0 Å². The Labute approximate surface area is 158 Å². The number of fused-ring (bicyclic) bond motifs is 1. The molecule has 1 aliphatic rings. The summed E-state index contributed by atoms with van der Waals surface area (Å²) < 4.78 is 1.22. The molecule has 1 atom stereocenters. The first kappa shape index (κ1) is 17.2. The van der Waals surface area contributed by atoms with Crippen LogP contribution in [0.4, 0.5) is 5.69 Å². The fourth-order valence-electron chi connectivity index (χ4n) is 3.70. The molecule has 4 nitrogen and oxygen atoms in total. The van der Waals surface area contributed by atoms with Gasteiger partial charge in [0.25, 0.3) is 0 Å². The van der Waals surface area contributed by atoms with E-state index in [-0.39, 0.29) is 11.9 Å². The molecule has 0 saturated carbocycles. The maximum Gasteiger partial charge on any atom is 0.241 e. The van der Waals surface area contributed by atoms with Crippen molar-refractivity contribution in [2.24, 2.45) is 0 Å². The number of carbonyl (C=O) groups excluding carboxylic acids is 1. The number of thiazole rings is 1. The molecule has 0 bridgehead atoms. The van der Waals surface area contributed by atoms with Gasteiger partial charge in [0.15, 0.2) is 0 Å². The topological polar surface area (TPSA) is 36.4 Å². The van der Waals surface area contributed by atoms with Crippen LogP contribution in [-0.4, -0.2) is 35.4 Å². The van der Waals surface area contributed by atoms with Crippen molar-refractivity contribution in [3.63, 3.8) is 0 Å². The normalized spacial score (nSPS) is 17.7. The molecule has 1 amide bonds. The van der Waals surface area contributed by atoms with Crippen LogP contribution >= 0.6 is 11.3 Å². The van der Waals surface area contributed by atoms with Crippen LogP contribution in [0, 0.1) is 0 Å². The summed E-state index contributed by atoms with van der Waals surface area (Å²) in [6.45, 7) is 4.12. The van der Waals surface area contributed by atoms with Crippen LogP contribution < -0.4 is 4.90 Å². The first-order valence-electron chi connectivity index (χ1n) is 9.21. The quantitative estimate of drug-likeness (QED) is 0.668. The fourth-order valence-corrected chi connectivity index (χ4v) is 4.83. The minimum atomic E-state index is 0.159. The van der Waals surface area contributed by atoms with Crippen LogP contribution in [0.1, 0.15) is 30.8 Å². The Morgan fingerprint density at radius 2 is 1.96 bits per heavy atom. The van der Waals surface area contributed by atoms with Crippen LogP contribution in [0.2, 0.25) is 0 Å². The third-order valence-electron chi connectivity index (χ3n) is 4.98. The number of aromatic nitrogens is 1. The second-order valence-electron chi connectivity index (χ2n) is 6.62. The molecule has 134 valence electrons. The number of likely N-dealkylation sites (N-methyl/N-ethyl adjacent to an activating group) is 1. The van der Waals surface area contributed by atoms with Crippen LogP contribution in [0.25, 0.3) is 10.2 Å². The largest absolute Gasteiger partial charge is 0.312 e. The number of hydrogen-bond donors (Lipinski definition) is 0. The average molecular weight is 366 g/mol. The van der Waals surface area contributed by atoms with Crippen molar-refractivity contribution in [2.45, 2.75) is 25.8 Å². The summed E-state index contributed by atoms with van der Waals surface area (Å²) in [6, 6.07) is 18.4. The van der Waals surface area contributed by atoms with Crippen molar-refractivity contribution >= 4 is 33.1 Å². The smallest absolute Gasteiger partial charge is 0.241 e. The van der Waals surface area contributed by atoms with E-state index in [1.165, 1.54) is 4.70 Å². The predicted octanol–water partition coefficient (Wildman–Crippen LogP) is 4.49. The van der Waals surface area contributed by atoms with E-state index >= 15 is 0 Å². The summed E-state index contributed by atoms with van der Waals surface area (Å²) in [4.78, 5) is 21.9. The zero-order valence-corrected chi connectivity index (χ0v) is 15.8. The summed E-state index contributed by atoms with van der Waals surface area (Å²) >= 11 is 1.76. The Morgan fingerprint density at radius 1 is 1.19 bits per heavy atom. The van der Waals surface area contributed by atoms with Crippen molar-refractivity contribution in [3.05, 3.63) is 59.6 Å². The molecule has 0 N–H and O–H groups in total. The van der Waals surface area contributed by atoms with E-state index in [1.54, 1.807) is 11.3 Å². The van der Waals surface area contributed by atoms with Crippen LogP contribution in [0.15, 0.2) is 54.6 Å². The van der Waals surface area contributed by atoms with Gasteiger partial charge in [-0.3, -0.25) is 9.69 Å². The summed E-state index contributed by atoms with van der Waals surface area (Å²) in [6.07, 6.45) is 2.19. The standard InChI is InChI=1S/C21H23N3OS/c1-2-24(16-9-4-3-5-10-16)20(25)15-23-14-8-12-18(23)21-22-17-11-6-7-13-19(17)26-21/h3-7,9-11,13,18H,2,8,12,14-15H2,1H3. The molecule has 1 aliphatic heterocycles. The molecule has 1 aromatic heterocycles. The predicted molar refractivity (Wildman–Crippen MR) is 108 cm³/mol. The van der Waals surface area contributed by atoms with Gasteiger partial charge in [0.05, 0.1) is 22.8 Å². The molecular formula is C21H23N3OS. The van der Waals surface area contributed by atoms with E-state index in [0.717, 1.165) is 35.6 Å². The molecule has 1 saturated heterocycles. The lowest BCUT2D eigenvalue weighted by Crippen LogP contribution is -2.40. The number of nitrogens with zero attached hydrogens (tertiary/aromatic N) is 3. The second-order valence-corrected chi connectivity index (χ2v) is 7.68. The van der Waals surface area contributed by atoms with E-state index < -0.39 is 0 Å². The summed E-state index contributed by atoms with van der Waals surface area (Å²) in [7, 11) is 0. The molecule has 1 unspecified atom stereocenters. The van der Waals surface area contributed by atoms with Crippen molar-refractivity contribution in [2.75, 3.05) is 24.5 Å². The van der Waals surface area contributed by atoms with Gasteiger partial charge >= 0.3 is 0 Å². The number of amides is 1. The first-order valence-corrected chi connectivity index (χ1v) is 10.0. The van der Waals surface area contributed by atoms with Gasteiger partial charge in [-0.25, -0.2) is 4.98 Å². The molecule has 26 heavy (non-hydrogen) atoms. The van der Waals surface area contributed by atoms with E-state index in [1.807, 2.05) is 48.2 Å². The average Bonchev–Trinajstić information content (AvgIpc) is 3.29. The van der Waals surface area contributed by atoms with Crippen molar-refractivity contribution in [3.8, 4) is 0 Å². The minimum absolute atomic E-state index is 0.159. The first-order chi connectivity index (χ1) is 12.8. The zero-order chi connectivity index (χ0) is 17.9. The monoisotopic (exact) mass is 365 g/mol. The Bertz CT molecular complexity index is 859. The molecule has 2 aromatic carbocycles. The summed E-state index contributed by atoms with van der Waals surface area (Å²) in [5.74, 6) is 0.159. The number of para-hydroxylation sites is 2. The Kier molecular flexibility index (Phi) is 5.00. The van der Waals surface area contributed by atoms with Gasteiger partial charge in [-0.1, -0.05) is 30.3 Å². The molecule has 0 spiro atoms. The van der Waals surface area contributed by atoms with Gasteiger partial charge in [0.1, 0.15) is 5.01 Å². The Hall–Kier alpha value is -2.24. The molecule has 1 fully saturated rings.